The Hall–Kier alpha value is -4.16. The van der Waals surface area contributed by atoms with Crippen molar-refractivity contribution in [2.24, 2.45) is 5.92 Å². The zero-order valence-electron chi connectivity index (χ0n) is 24.1. The van der Waals surface area contributed by atoms with Gasteiger partial charge in [-0.2, -0.15) is 0 Å². The number of rotatable bonds is 12. The zero-order valence-corrected chi connectivity index (χ0v) is 24.8. The fourth-order valence-corrected chi connectivity index (χ4v) is 5.75. The van der Waals surface area contributed by atoms with Crippen molar-refractivity contribution in [2.45, 2.75) is 45.7 Å². The standard InChI is InChI=1S/C35H36ClN3O3/c1-24(2)22-37-34(41)31(21-25-10-4-3-5-11-25)39(23-26-12-6-15-28(36)20-26)32(40)18-9-19-38-30-17-8-14-27-13-7-16-29(33(27)30)35(38)42/h3-8,10-17,20,24,31H,9,18-19,21-23H2,1-2H3,(H,37,41)/t31-/m0/s1. The number of nitrogens with zero attached hydrogens (tertiary/aromatic N) is 2. The Morgan fingerprint density at radius 1 is 0.905 bits per heavy atom. The van der Waals surface area contributed by atoms with Gasteiger partial charge in [0.25, 0.3) is 5.91 Å². The number of hydrogen-bond acceptors (Lipinski definition) is 3. The van der Waals surface area contributed by atoms with Crippen molar-refractivity contribution in [3.63, 3.8) is 0 Å². The van der Waals surface area contributed by atoms with Gasteiger partial charge in [0, 0.05) is 48.4 Å². The van der Waals surface area contributed by atoms with E-state index in [0.717, 1.165) is 27.6 Å². The molecular weight excluding hydrogens is 546 g/mol. The van der Waals surface area contributed by atoms with Crippen molar-refractivity contribution < 1.29 is 14.4 Å². The number of carbonyl (C=O) groups is 3. The molecule has 4 aromatic carbocycles. The van der Waals surface area contributed by atoms with Crippen LogP contribution in [0.2, 0.25) is 5.02 Å². The summed E-state index contributed by atoms with van der Waals surface area (Å²) in [6.45, 7) is 5.26. The minimum atomic E-state index is -0.705. The normalized spacial score (nSPS) is 13.0. The van der Waals surface area contributed by atoms with E-state index < -0.39 is 6.04 Å². The number of amides is 3. The Bertz CT molecular complexity index is 1580. The van der Waals surface area contributed by atoms with Crippen LogP contribution < -0.4 is 10.2 Å². The first kappa shape index (κ1) is 29.3. The Morgan fingerprint density at radius 2 is 1.62 bits per heavy atom. The van der Waals surface area contributed by atoms with Crippen LogP contribution in [0.25, 0.3) is 10.8 Å². The van der Waals surface area contributed by atoms with E-state index in [-0.39, 0.29) is 36.6 Å². The average molecular weight is 582 g/mol. The molecule has 0 unspecified atom stereocenters. The molecule has 0 saturated heterocycles. The summed E-state index contributed by atoms with van der Waals surface area (Å²) in [6, 6.07) is 28.1. The highest BCUT2D eigenvalue weighted by Crippen LogP contribution is 2.37. The molecule has 0 bridgehead atoms. The SMILES string of the molecule is CC(C)CNC(=O)[C@H](Cc1ccccc1)N(Cc1cccc(Cl)c1)C(=O)CCCN1C(=O)c2cccc3cccc1c23. The third kappa shape index (κ3) is 6.66. The van der Waals surface area contributed by atoms with Crippen LogP contribution in [-0.4, -0.2) is 41.8 Å². The van der Waals surface area contributed by atoms with Crippen molar-refractivity contribution in [2.75, 3.05) is 18.0 Å². The van der Waals surface area contributed by atoms with Crippen LogP contribution in [0.4, 0.5) is 5.69 Å². The first-order chi connectivity index (χ1) is 20.3. The van der Waals surface area contributed by atoms with Crippen molar-refractivity contribution >= 4 is 45.8 Å². The van der Waals surface area contributed by atoms with E-state index in [1.54, 1.807) is 15.9 Å². The van der Waals surface area contributed by atoms with E-state index in [2.05, 4.69) is 5.32 Å². The number of anilines is 1. The van der Waals surface area contributed by atoms with Crippen LogP contribution in [-0.2, 0) is 22.6 Å². The van der Waals surface area contributed by atoms with Crippen molar-refractivity contribution in [1.29, 1.82) is 0 Å². The first-order valence-corrected chi connectivity index (χ1v) is 14.9. The summed E-state index contributed by atoms with van der Waals surface area (Å²) >= 11 is 6.29. The molecule has 7 heteroatoms. The van der Waals surface area contributed by atoms with E-state index in [9.17, 15) is 14.4 Å². The van der Waals surface area contributed by atoms with E-state index in [1.165, 1.54) is 0 Å². The van der Waals surface area contributed by atoms with Gasteiger partial charge in [0.1, 0.15) is 6.04 Å². The zero-order chi connectivity index (χ0) is 29.6. The molecule has 0 spiro atoms. The first-order valence-electron chi connectivity index (χ1n) is 14.5. The summed E-state index contributed by atoms with van der Waals surface area (Å²) in [5.74, 6) is -0.0900. The lowest BCUT2D eigenvalue weighted by Crippen LogP contribution is -2.51. The summed E-state index contributed by atoms with van der Waals surface area (Å²) in [6.07, 6.45) is 1.05. The molecule has 1 N–H and O–H groups in total. The molecule has 1 aliphatic rings. The summed E-state index contributed by atoms with van der Waals surface area (Å²) in [5, 5.41) is 5.62. The molecule has 1 aliphatic heterocycles. The van der Waals surface area contributed by atoms with Crippen molar-refractivity contribution in [1.82, 2.24) is 10.2 Å². The van der Waals surface area contributed by atoms with Gasteiger partial charge in [-0.3, -0.25) is 14.4 Å². The molecule has 0 radical (unpaired) electrons. The fourth-order valence-electron chi connectivity index (χ4n) is 5.54. The second kappa shape index (κ2) is 13.2. The highest BCUT2D eigenvalue weighted by atomic mass is 35.5. The Morgan fingerprint density at radius 3 is 2.36 bits per heavy atom. The number of nitrogens with one attached hydrogen (secondary N) is 1. The Balaban J connectivity index is 1.37. The van der Waals surface area contributed by atoms with Gasteiger partial charge in [-0.25, -0.2) is 0 Å². The number of hydrogen-bond donors (Lipinski definition) is 1. The van der Waals surface area contributed by atoms with Crippen LogP contribution >= 0.6 is 11.6 Å². The van der Waals surface area contributed by atoms with Crippen molar-refractivity contribution in [3.05, 3.63) is 113 Å². The van der Waals surface area contributed by atoms with Gasteiger partial charge in [0.2, 0.25) is 11.8 Å². The van der Waals surface area contributed by atoms with Gasteiger partial charge < -0.3 is 15.1 Å². The number of carbonyl (C=O) groups excluding carboxylic acids is 3. The van der Waals surface area contributed by atoms with E-state index in [4.69, 9.17) is 11.6 Å². The maximum atomic E-state index is 14.0. The Labute approximate surface area is 252 Å². The third-order valence-electron chi connectivity index (χ3n) is 7.62. The highest BCUT2D eigenvalue weighted by molar-refractivity contribution is 6.30. The average Bonchev–Trinajstić information content (AvgIpc) is 3.26. The molecular formula is C35H36ClN3O3. The molecule has 4 aromatic rings. The summed E-state index contributed by atoms with van der Waals surface area (Å²) < 4.78 is 0. The van der Waals surface area contributed by atoms with Crippen molar-refractivity contribution in [3.8, 4) is 0 Å². The van der Waals surface area contributed by atoms with Crippen LogP contribution in [0.1, 0.15) is 48.2 Å². The topological polar surface area (TPSA) is 69.7 Å². The number of benzene rings is 4. The van der Waals surface area contributed by atoms with E-state index >= 15 is 0 Å². The van der Waals surface area contributed by atoms with E-state index in [0.29, 0.717) is 36.5 Å². The summed E-state index contributed by atoms with van der Waals surface area (Å²) in [4.78, 5) is 44.3. The second-order valence-corrected chi connectivity index (χ2v) is 11.7. The summed E-state index contributed by atoms with van der Waals surface area (Å²) in [7, 11) is 0. The molecule has 0 aromatic heterocycles. The predicted octanol–water partition coefficient (Wildman–Crippen LogP) is 6.65. The maximum absolute atomic E-state index is 14.0. The largest absolute Gasteiger partial charge is 0.354 e. The monoisotopic (exact) mass is 581 g/mol. The third-order valence-corrected chi connectivity index (χ3v) is 7.85. The van der Waals surface area contributed by atoms with Gasteiger partial charge in [0.05, 0.1) is 5.69 Å². The van der Waals surface area contributed by atoms with Gasteiger partial charge in [-0.1, -0.05) is 92.2 Å². The molecule has 0 aliphatic carbocycles. The molecule has 0 fully saturated rings. The summed E-state index contributed by atoms with van der Waals surface area (Å²) in [5.41, 5.74) is 3.40. The minimum Gasteiger partial charge on any atom is -0.354 e. The molecule has 42 heavy (non-hydrogen) atoms. The smallest absolute Gasteiger partial charge is 0.258 e. The molecule has 1 atom stereocenters. The van der Waals surface area contributed by atoms with Crippen LogP contribution in [0, 0.1) is 5.92 Å². The van der Waals surface area contributed by atoms with Gasteiger partial charge in [-0.15, -0.1) is 0 Å². The second-order valence-electron chi connectivity index (χ2n) is 11.2. The van der Waals surface area contributed by atoms with Crippen LogP contribution in [0.15, 0.2) is 91.0 Å². The lowest BCUT2D eigenvalue weighted by molar-refractivity contribution is -0.141. The maximum Gasteiger partial charge on any atom is 0.258 e. The van der Waals surface area contributed by atoms with E-state index in [1.807, 2.05) is 98.8 Å². The molecule has 5 rings (SSSR count). The molecule has 3 amide bonds. The lowest BCUT2D eigenvalue weighted by Gasteiger charge is -2.32. The van der Waals surface area contributed by atoms with Gasteiger partial charge >= 0.3 is 0 Å². The van der Waals surface area contributed by atoms with Crippen LogP contribution in [0.5, 0.6) is 0 Å². The van der Waals surface area contributed by atoms with Gasteiger partial charge in [0.15, 0.2) is 0 Å². The highest BCUT2D eigenvalue weighted by Gasteiger charge is 2.32. The lowest BCUT2D eigenvalue weighted by atomic mass is 10.0. The fraction of sp³-hybridized carbons (Fsp3) is 0.286. The quantitative estimate of drug-likeness (QED) is 0.204. The molecule has 6 nitrogen and oxygen atoms in total. The molecule has 1 heterocycles. The molecule has 0 saturated carbocycles. The number of halogens is 1. The Kier molecular flexibility index (Phi) is 9.23. The van der Waals surface area contributed by atoms with Gasteiger partial charge in [-0.05, 0) is 53.1 Å². The predicted molar refractivity (Wildman–Crippen MR) is 169 cm³/mol. The minimum absolute atomic E-state index is 0.0416. The van der Waals surface area contributed by atoms with Crippen LogP contribution in [0.3, 0.4) is 0 Å². The molecule has 216 valence electrons.